The number of epoxide rings is 1. The molecule has 0 aliphatic carbocycles. The number of aliphatic hydroxyl groups is 3. The van der Waals surface area contributed by atoms with E-state index in [2.05, 4.69) is 4.74 Å². The molecule has 0 radical (unpaired) electrons. The molecule has 0 amide bonds. The van der Waals surface area contributed by atoms with Crippen molar-refractivity contribution in [1.82, 2.24) is 0 Å². The van der Waals surface area contributed by atoms with E-state index >= 15 is 0 Å². The largest absolute Gasteiger partial charge is 0.617 e. The second-order valence-electron chi connectivity index (χ2n) is 9.63. The Bertz CT molecular complexity index is 1970. The highest BCUT2D eigenvalue weighted by Crippen LogP contribution is 2.27. The summed E-state index contributed by atoms with van der Waals surface area (Å²) in [5.74, 6) is -0.931. The summed E-state index contributed by atoms with van der Waals surface area (Å²) in [6.07, 6.45) is -1.33. The summed E-state index contributed by atoms with van der Waals surface area (Å²) in [4.78, 5) is 0. The van der Waals surface area contributed by atoms with Gasteiger partial charge in [0.1, 0.15) is 12.7 Å². The molecule has 6 aromatic rings. The van der Waals surface area contributed by atoms with E-state index < -0.39 is 12.9 Å². The molecule has 16 nitrogen and oxygen atoms in total. The zero-order valence-corrected chi connectivity index (χ0v) is 23.1. The Balaban J connectivity index is 0.000000156. The Labute approximate surface area is 252 Å². The number of ether oxygens (including phenoxy) is 2. The van der Waals surface area contributed by atoms with Crippen LogP contribution in [0.1, 0.15) is 0 Å². The number of aromatic hydroxyl groups is 3. The fourth-order valence-corrected chi connectivity index (χ4v) is 4.49. The third-order valence-corrected chi connectivity index (χ3v) is 6.67. The first-order valence-electron chi connectivity index (χ1n) is 13.2. The summed E-state index contributed by atoms with van der Waals surface area (Å²) in [7, 11) is 0. The monoisotopic (exact) mass is 622 g/mol. The van der Waals surface area contributed by atoms with Gasteiger partial charge < -0.3 is 60.9 Å². The predicted octanol–water partition coefficient (Wildman–Crippen LogP) is -0.297. The number of aromatic nitrogens is 4. The normalized spacial score (nSPS) is 14.4. The Morgan fingerprint density at radius 2 is 1.00 bits per heavy atom. The molecule has 1 fully saturated rings. The lowest BCUT2D eigenvalue weighted by atomic mass is 10.2. The van der Waals surface area contributed by atoms with E-state index in [-0.39, 0.29) is 79.8 Å². The third kappa shape index (κ3) is 5.80. The minimum atomic E-state index is -1.52. The van der Waals surface area contributed by atoms with Crippen LogP contribution in [0.15, 0.2) is 72.8 Å². The van der Waals surface area contributed by atoms with Crippen LogP contribution in [0.2, 0.25) is 0 Å². The first kappa shape index (κ1) is 30.8. The van der Waals surface area contributed by atoms with Crippen LogP contribution in [0.4, 0.5) is 0 Å². The van der Waals surface area contributed by atoms with Crippen molar-refractivity contribution in [3.63, 3.8) is 0 Å². The maximum Gasteiger partial charge on any atom is 0.332 e. The quantitative estimate of drug-likeness (QED) is 0.0488. The summed E-state index contributed by atoms with van der Waals surface area (Å²) in [5.41, 5.74) is -0.592. The highest BCUT2D eigenvalue weighted by Gasteiger charge is 2.28. The van der Waals surface area contributed by atoms with Crippen molar-refractivity contribution in [3.05, 3.63) is 93.6 Å². The predicted molar refractivity (Wildman–Crippen MR) is 154 cm³/mol. The molecule has 2 aromatic heterocycles. The SMILES string of the molecule is OCC1CO1.[O-][n+]1c2cccc(O)c2[n+]([O-])c2cccc(O)c21.[O-][n+]1c2cccc(OC(O)CO)c2[n+]([O-])c2cccc(O)c21. The van der Waals surface area contributed by atoms with E-state index in [0.717, 1.165) is 6.61 Å². The van der Waals surface area contributed by atoms with Gasteiger partial charge in [-0.3, -0.25) is 0 Å². The fraction of sp³-hybridized carbons (Fsp3) is 0.172. The van der Waals surface area contributed by atoms with E-state index in [1.54, 1.807) is 0 Å². The molecule has 234 valence electrons. The molecular weight excluding hydrogens is 596 g/mol. The van der Waals surface area contributed by atoms with E-state index in [1.807, 2.05) is 0 Å². The lowest BCUT2D eigenvalue weighted by Gasteiger charge is -2.13. The number of rotatable bonds is 4. The molecule has 16 heteroatoms. The molecular formula is C29H26N4O12. The van der Waals surface area contributed by atoms with Gasteiger partial charge >= 0.3 is 22.1 Å². The summed E-state index contributed by atoms with van der Waals surface area (Å²) in [6, 6.07) is 16.7. The van der Waals surface area contributed by atoms with Gasteiger partial charge in [-0.15, -0.1) is 0 Å². The van der Waals surface area contributed by atoms with Crippen molar-refractivity contribution in [2.45, 2.75) is 12.4 Å². The van der Waals surface area contributed by atoms with Gasteiger partial charge in [-0.1, -0.05) is 24.3 Å². The Kier molecular flexibility index (Phi) is 8.55. The molecule has 2 unspecified atom stereocenters. The van der Waals surface area contributed by atoms with Crippen LogP contribution in [-0.4, -0.2) is 62.9 Å². The first-order valence-corrected chi connectivity index (χ1v) is 13.2. The second kappa shape index (κ2) is 12.5. The lowest BCUT2D eigenvalue weighted by Crippen LogP contribution is -2.40. The van der Waals surface area contributed by atoms with Gasteiger partial charge in [0.15, 0.2) is 17.2 Å². The number of hydrogen-bond donors (Lipinski definition) is 6. The molecule has 2 atom stereocenters. The van der Waals surface area contributed by atoms with Crippen molar-refractivity contribution >= 4 is 44.1 Å². The zero-order valence-electron chi connectivity index (χ0n) is 23.1. The second-order valence-corrected chi connectivity index (χ2v) is 9.63. The van der Waals surface area contributed by atoms with Crippen LogP contribution >= 0.6 is 0 Å². The number of benzene rings is 4. The Hall–Kier alpha value is -5.68. The van der Waals surface area contributed by atoms with Gasteiger partial charge in [-0.05, 0) is 24.3 Å². The lowest BCUT2D eigenvalue weighted by molar-refractivity contribution is -0.591. The number of hydrogen-bond acceptors (Lipinski definition) is 12. The molecule has 4 aromatic carbocycles. The Morgan fingerprint density at radius 3 is 1.33 bits per heavy atom. The maximum absolute atomic E-state index is 12.5. The summed E-state index contributed by atoms with van der Waals surface area (Å²) in [6.45, 7) is 0.289. The van der Waals surface area contributed by atoms with Crippen molar-refractivity contribution in [3.8, 4) is 23.0 Å². The van der Waals surface area contributed by atoms with Gasteiger partial charge in [0.05, 0.1) is 13.2 Å². The fourth-order valence-electron chi connectivity index (χ4n) is 4.49. The topological polar surface area (TPSA) is 251 Å². The number of nitrogens with zero attached hydrogens (tertiary/aromatic N) is 4. The molecule has 1 saturated heterocycles. The number of fused-ring (bicyclic) bond motifs is 4. The van der Waals surface area contributed by atoms with E-state index in [4.69, 9.17) is 14.9 Å². The highest BCUT2D eigenvalue weighted by atomic mass is 16.6. The molecule has 0 spiro atoms. The first-order chi connectivity index (χ1) is 21.6. The van der Waals surface area contributed by atoms with Crippen molar-refractivity contribution in [1.29, 1.82) is 0 Å². The van der Waals surface area contributed by atoms with Crippen molar-refractivity contribution < 1.29 is 59.0 Å². The molecule has 6 N–H and O–H groups in total. The number of phenols is 3. The molecule has 7 rings (SSSR count). The van der Waals surface area contributed by atoms with Crippen LogP contribution in [0, 0.1) is 20.8 Å². The van der Waals surface area contributed by atoms with Crippen LogP contribution in [0.3, 0.4) is 0 Å². The van der Waals surface area contributed by atoms with Crippen LogP contribution < -0.4 is 23.7 Å². The zero-order chi connectivity index (χ0) is 32.4. The highest BCUT2D eigenvalue weighted by molar-refractivity contribution is 5.84. The van der Waals surface area contributed by atoms with E-state index in [0.29, 0.717) is 18.9 Å². The number of aliphatic hydroxyl groups excluding tert-OH is 3. The van der Waals surface area contributed by atoms with Gasteiger partial charge in [0.2, 0.25) is 12.0 Å². The van der Waals surface area contributed by atoms with E-state index in [1.165, 1.54) is 72.8 Å². The molecule has 45 heavy (non-hydrogen) atoms. The maximum atomic E-state index is 12.5. The van der Waals surface area contributed by atoms with Gasteiger partial charge in [-0.2, -0.15) is 18.9 Å². The van der Waals surface area contributed by atoms with Gasteiger partial charge in [0.25, 0.3) is 22.1 Å². The Morgan fingerprint density at radius 1 is 0.644 bits per heavy atom. The average Bonchev–Trinajstić information content (AvgIpc) is 3.88. The minimum Gasteiger partial charge on any atom is -0.617 e. The van der Waals surface area contributed by atoms with Gasteiger partial charge in [-0.25, -0.2) is 0 Å². The summed E-state index contributed by atoms with van der Waals surface area (Å²) < 4.78 is 11.4. The minimum absolute atomic E-state index is 0.000926. The van der Waals surface area contributed by atoms with Crippen LogP contribution in [0.5, 0.6) is 23.0 Å². The molecule has 1 aliphatic heterocycles. The van der Waals surface area contributed by atoms with Crippen LogP contribution in [-0.2, 0) is 4.74 Å². The van der Waals surface area contributed by atoms with E-state index in [9.17, 15) is 41.3 Å². The van der Waals surface area contributed by atoms with Crippen LogP contribution in [0.25, 0.3) is 44.1 Å². The smallest absolute Gasteiger partial charge is 0.332 e. The van der Waals surface area contributed by atoms with Crippen molar-refractivity contribution in [2.75, 3.05) is 19.8 Å². The molecule has 1 aliphatic rings. The summed E-state index contributed by atoms with van der Waals surface area (Å²) in [5, 5.41) is 105. The van der Waals surface area contributed by atoms with Crippen molar-refractivity contribution in [2.24, 2.45) is 0 Å². The molecule has 0 bridgehead atoms. The number of para-hydroxylation sites is 4. The third-order valence-electron chi connectivity index (χ3n) is 6.67. The average molecular weight is 623 g/mol. The van der Waals surface area contributed by atoms with Gasteiger partial charge in [0, 0.05) is 24.3 Å². The number of phenolic OH excluding ortho intramolecular Hbond substituents is 3. The molecule has 3 heterocycles. The standard InChI is InChI=1S/C14H12N2O6.C12H8N2O4.C3H6O2/c17-7-12(19)22-11-6-2-4-9-14(11)16(21)8-3-1-5-10(18)13(8)15(9)20;15-9-5-1-3-7-11(9)14(18)8-4-2-6-10(16)12(8)13(7)17;4-1-3-2-5-3/h1-6,12,17-19H,7H2;1-6,15-16H;3-4H,1-2H2. The molecule has 0 saturated carbocycles. The summed E-state index contributed by atoms with van der Waals surface area (Å²) >= 11 is 0.